The lowest BCUT2D eigenvalue weighted by molar-refractivity contribution is 1.15. The third-order valence-corrected chi connectivity index (χ3v) is 6.48. The number of hydrogen-bond donors (Lipinski definition) is 1. The predicted octanol–water partition coefficient (Wildman–Crippen LogP) is 7.94. The molecular weight excluding hydrogens is 459 g/mol. The number of aromatic amines is 1. The van der Waals surface area contributed by atoms with Gasteiger partial charge in [-0.25, -0.2) is 0 Å². The lowest BCUT2D eigenvalue weighted by Gasteiger charge is -2.13. The molecule has 0 saturated heterocycles. The first-order valence-electron chi connectivity index (χ1n) is 7.24. The van der Waals surface area contributed by atoms with E-state index in [0.29, 0.717) is 43.0 Å². The van der Waals surface area contributed by atoms with Crippen molar-refractivity contribution in [1.29, 1.82) is 0 Å². The molecule has 0 spiro atoms. The Morgan fingerprint density at radius 1 is 0.654 bits per heavy atom. The van der Waals surface area contributed by atoms with Crippen LogP contribution in [0.25, 0.3) is 22.3 Å². The van der Waals surface area contributed by atoms with Gasteiger partial charge in [-0.3, -0.25) is 4.79 Å². The highest BCUT2D eigenvalue weighted by molar-refractivity contribution is 6.50. The van der Waals surface area contributed by atoms with Crippen molar-refractivity contribution in [2.75, 3.05) is 0 Å². The van der Waals surface area contributed by atoms with E-state index in [0.717, 1.165) is 0 Å². The predicted molar refractivity (Wildman–Crippen MR) is 113 cm³/mol. The van der Waals surface area contributed by atoms with Crippen LogP contribution in [-0.4, -0.2) is 4.98 Å². The third-order valence-electron chi connectivity index (χ3n) is 3.89. The number of hydrogen-bond acceptors (Lipinski definition) is 1. The lowest BCUT2D eigenvalue weighted by atomic mass is 9.99. The van der Waals surface area contributed by atoms with Crippen LogP contribution in [0.4, 0.5) is 0 Å². The van der Waals surface area contributed by atoms with Gasteiger partial charge in [0.05, 0.1) is 30.1 Å². The summed E-state index contributed by atoms with van der Waals surface area (Å²) in [6, 6.07) is 8.27. The number of aromatic nitrogens is 1. The van der Waals surface area contributed by atoms with Gasteiger partial charge in [-0.05, 0) is 25.1 Å². The molecule has 2 nitrogen and oxygen atoms in total. The van der Waals surface area contributed by atoms with Crippen LogP contribution in [-0.2, 0) is 0 Å². The van der Waals surface area contributed by atoms with Crippen LogP contribution in [0, 0.1) is 6.92 Å². The largest absolute Gasteiger partial charge is 0.325 e. The van der Waals surface area contributed by atoms with E-state index < -0.39 is 0 Å². The highest BCUT2D eigenvalue weighted by atomic mass is 35.5. The standard InChI is InChI=1S/C18H9Cl6NO/c1-7-10(8-2-4-12(19)16(23)14(8)21)6-11(18(26)25-7)9-3-5-13(20)17(24)15(9)22/h2-6H,1H3,(H,25,26). The molecule has 3 rings (SSSR count). The summed E-state index contributed by atoms with van der Waals surface area (Å²) in [4.78, 5) is 15.3. The molecule has 0 saturated carbocycles. The van der Waals surface area contributed by atoms with Gasteiger partial charge < -0.3 is 4.98 Å². The van der Waals surface area contributed by atoms with E-state index in [4.69, 9.17) is 69.6 Å². The molecule has 0 bridgehead atoms. The van der Waals surface area contributed by atoms with Crippen LogP contribution in [0.3, 0.4) is 0 Å². The Kier molecular flexibility index (Phi) is 5.83. The maximum atomic E-state index is 12.5. The van der Waals surface area contributed by atoms with Gasteiger partial charge in [0.2, 0.25) is 0 Å². The number of halogens is 6. The Morgan fingerprint density at radius 3 is 1.62 bits per heavy atom. The summed E-state index contributed by atoms with van der Waals surface area (Å²) in [5.41, 5.74) is 2.41. The average Bonchev–Trinajstić information content (AvgIpc) is 2.60. The van der Waals surface area contributed by atoms with E-state index in [1.54, 1.807) is 37.3 Å². The molecule has 1 N–H and O–H groups in total. The molecular formula is C18H9Cl6NO. The first-order valence-corrected chi connectivity index (χ1v) is 9.50. The molecule has 0 unspecified atom stereocenters. The van der Waals surface area contributed by atoms with Gasteiger partial charge in [0.25, 0.3) is 5.56 Å². The van der Waals surface area contributed by atoms with E-state index in [1.165, 1.54) is 0 Å². The summed E-state index contributed by atoms with van der Waals surface area (Å²) in [5.74, 6) is 0. The smallest absolute Gasteiger partial charge is 0.256 e. The lowest BCUT2D eigenvalue weighted by Crippen LogP contribution is -2.11. The molecule has 2 aromatic carbocycles. The van der Waals surface area contributed by atoms with Gasteiger partial charge >= 0.3 is 0 Å². The minimum absolute atomic E-state index is 0.180. The van der Waals surface area contributed by atoms with Crippen LogP contribution in [0.2, 0.25) is 30.1 Å². The Balaban J connectivity index is 2.30. The van der Waals surface area contributed by atoms with Gasteiger partial charge in [-0.2, -0.15) is 0 Å². The summed E-state index contributed by atoms with van der Waals surface area (Å²) in [6.45, 7) is 1.76. The molecule has 1 heterocycles. The molecule has 0 atom stereocenters. The zero-order chi connectivity index (χ0) is 19.2. The summed E-state index contributed by atoms with van der Waals surface area (Å²) < 4.78 is 0. The molecule has 1 aromatic heterocycles. The van der Waals surface area contributed by atoms with Crippen molar-refractivity contribution >= 4 is 69.6 Å². The van der Waals surface area contributed by atoms with Crippen molar-refractivity contribution in [3.05, 3.63) is 76.5 Å². The quantitative estimate of drug-likeness (QED) is 0.381. The molecule has 134 valence electrons. The van der Waals surface area contributed by atoms with Gasteiger partial charge in [0, 0.05) is 27.9 Å². The molecule has 0 aliphatic carbocycles. The Hall–Kier alpha value is -0.870. The fourth-order valence-corrected chi connectivity index (χ4v) is 3.85. The van der Waals surface area contributed by atoms with Crippen LogP contribution in [0.1, 0.15) is 5.69 Å². The van der Waals surface area contributed by atoms with Crippen molar-refractivity contribution < 1.29 is 0 Å². The number of nitrogens with one attached hydrogen (secondary N) is 1. The third kappa shape index (κ3) is 3.47. The first-order chi connectivity index (χ1) is 12.2. The van der Waals surface area contributed by atoms with E-state index in [2.05, 4.69) is 4.98 Å². The van der Waals surface area contributed by atoms with Gasteiger partial charge in [-0.1, -0.05) is 81.7 Å². The molecule has 3 aromatic rings. The molecule has 26 heavy (non-hydrogen) atoms. The van der Waals surface area contributed by atoms with Gasteiger partial charge in [0.1, 0.15) is 0 Å². The Morgan fingerprint density at radius 2 is 1.12 bits per heavy atom. The number of H-pyrrole nitrogens is 1. The topological polar surface area (TPSA) is 32.9 Å². The van der Waals surface area contributed by atoms with Crippen molar-refractivity contribution in [1.82, 2.24) is 4.98 Å². The minimum Gasteiger partial charge on any atom is -0.325 e. The van der Waals surface area contributed by atoms with Crippen LogP contribution in [0.15, 0.2) is 35.1 Å². The number of rotatable bonds is 2. The second-order valence-corrected chi connectivity index (χ2v) is 7.82. The number of pyridine rings is 1. The van der Waals surface area contributed by atoms with Gasteiger partial charge in [-0.15, -0.1) is 0 Å². The van der Waals surface area contributed by atoms with Crippen LogP contribution < -0.4 is 5.56 Å². The molecule has 0 radical (unpaired) electrons. The summed E-state index contributed by atoms with van der Waals surface area (Å²) >= 11 is 36.9. The number of aryl methyl sites for hydroxylation is 1. The van der Waals surface area contributed by atoms with Crippen molar-refractivity contribution in [2.24, 2.45) is 0 Å². The minimum atomic E-state index is -0.317. The van der Waals surface area contributed by atoms with Crippen LogP contribution >= 0.6 is 69.6 Å². The van der Waals surface area contributed by atoms with Gasteiger partial charge in [0.15, 0.2) is 0 Å². The highest BCUT2D eigenvalue weighted by Crippen LogP contribution is 2.41. The van der Waals surface area contributed by atoms with E-state index in [1.807, 2.05) is 0 Å². The maximum Gasteiger partial charge on any atom is 0.256 e. The van der Waals surface area contributed by atoms with E-state index >= 15 is 0 Å². The average molecular weight is 468 g/mol. The Bertz CT molecular complexity index is 1090. The molecule has 0 amide bonds. The SMILES string of the molecule is Cc1[nH]c(=O)c(-c2ccc(Cl)c(Cl)c2Cl)cc1-c1ccc(Cl)c(Cl)c1Cl. The second-order valence-electron chi connectivity index (χ2n) is 5.50. The normalized spacial score (nSPS) is 11.0. The van der Waals surface area contributed by atoms with Crippen molar-refractivity contribution in [2.45, 2.75) is 6.92 Å². The molecule has 8 heteroatoms. The fraction of sp³-hybridized carbons (Fsp3) is 0.0556. The Labute approximate surface area is 179 Å². The summed E-state index contributed by atoms with van der Waals surface area (Å²) in [5, 5.41) is 1.55. The molecule has 0 aliphatic heterocycles. The van der Waals surface area contributed by atoms with E-state index in [-0.39, 0.29) is 20.6 Å². The molecule has 0 aliphatic rings. The van der Waals surface area contributed by atoms with Crippen molar-refractivity contribution in [3.8, 4) is 22.3 Å². The monoisotopic (exact) mass is 465 g/mol. The molecule has 0 fully saturated rings. The summed E-state index contributed by atoms with van der Waals surface area (Å²) in [7, 11) is 0. The fourth-order valence-electron chi connectivity index (χ4n) is 2.57. The highest BCUT2D eigenvalue weighted by Gasteiger charge is 2.18. The van der Waals surface area contributed by atoms with Crippen molar-refractivity contribution in [3.63, 3.8) is 0 Å². The second kappa shape index (κ2) is 7.63. The van der Waals surface area contributed by atoms with E-state index in [9.17, 15) is 4.79 Å². The number of benzene rings is 2. The first kappa shape index (κ1) is 19.9. The zero-order valence-corrected chi connectivity index (χ0v) is 17.6. The van der Waals surface area contributed by atoms with Crippen LogP contribution in [0.5, 0.6) is 0 Å². The summed E-state index contributed by atoms with van der Waals surface area (Å²) in [6.07, 6.45) is 0. The zero-order valence-electron chi connectivity index (χ0n) is 13.1. The maximum absolute atomic E-state index is 12.5.